The van der Waals surface area contributed by atoms with Crippen LogP contribution < -0.4 is 10.5 Å². The maximum absolute atomic E-state index is 12.6. The van der Waals surface area contributed by atoms with Gasteiger partial charge in [-0.25, -0.2) is 0 Å². The molecule has 2 aliphatic rings. The third-order valence-electron chi connectivity index (χ3n) is 3.97. The molecule has 0 aromatic heterocycles. The monoisotopic (exact) mass is 290 g/mol. The lowest BCUT2D eigenvalue weighted by molar-refractivity contribution is -0.152. The SMILES string of the molecule is Cc1cccc2c1OC(C(=O)N1CCOCC1C(N)=O)C2. The van der Waals surface area contributed by atoms with Gasteiger partial charge in [0.25, 0.3) is 5.91 Å². The smallest absolute Gasteiger partial charge is 0.264 e. The lowest BCUT2D eigenvalue weighted by Crippen LogP contribution is -2.57. The van der Waals surface area contributed by atoms with Crippen LogP contribution in [-0.4, -0.2) is 48.6 Å². The number of hydrogen-bond donors (Lipinski definition) is 1. The zero-order valence-electron chi connectivity index (χ0n) is 11.9. The Bertz CT molecular complexity index is 587. The molecule has 6 nitrogen and oxygen atoms in total. The van der Waals surface area contributed by atoms with Crippen molar-refractivity contribution >= 4 is 11.8 Å². The van der Waals surface area contributed by atoms with Gasteiger partial charge in [-0.3, -0.25) is 9.59 Å². The molecular formula is C15H18N2O4. The van der Waals surface area contributed by atoms with Gasteiger partial charge in [0, 0.05) is 13.0 Å². The van der Waals surface area contributed by atoms with E-state index in [9.17, 15) is 9.59 Å². The minimum Gasteiger partial charge on any atom is -0.480 e. The molecule has 21 heavy (non-hydrogen) atoms. The Morgan fingerprint density at radius 3 is 2.90 bits per heavy atom. The van der Waals surface area contributed by atoms with E-state index in [1.807, 2.05) is 25.1 Å². The summed E-state index contributed by atoms with van der Waals surface area (Å²) in [5.74, 6) is 0.0344. The van der Waals surface area contributed by atoms with Crippen molar-refractivity contribution in [2.45, 2.75) is 25.5 Å². The topological polar surface area (TPSA) is 81.9 Å². The van der Waals surface area contributed by atoms with Crippen LogP contribution in [0.1, 0.15) is 11.1 Å². The van der Waals surface area contributed by atoms with Gasteiger partial charge in [-0.1, -0.05) is 18.2 Å². The molecular weight excluding hydrogens is 272 g/mol. The highest BCUT2D eigenvalue weighted by atomic mass is 16.5. The molecule has 1 saturated heterocycles. The summed E-state index contributed by atoms with van der Waals surface area (Å²) in [5, 5.41) is 0. The highest BCUT2D eigenvalue weighted by Gasteiger charge is 2.38. The normalized spacial score (nSPS) is 24.3. The summed E-state index contributed by atoms with van der Waals surface area (Å²) in [4.78, 5) is 25.6. The molecule has 112 valence electrons. The molecule has 3 rings (SSSR count). The van der Waals surface area contributed by atoms with E-state index >= 15 is 0 Å². The van der Waals surface area contributed by atoms with Crippen LogP contribution in [0.2, 0.25) is 0 Å². The predicted octanol–water partition coefficient (Wildman–Crippen LogP) is 0.0112. The van der Waals surface area contributed by atoms with Crippen molar-refractivity contribution in [2.75, 3.05) is 19.8 Å². The van der Waals surface area contributed by atoms with E-state index in [1.54, 1.807) is 0 Å². The highest BCUT2D eigenvalue weighted by Crippen LogP contribution is 2.32. The number of morpholine rings is 1. The summed E-state index contributed by atoms with van der Waals surface area (Å²) < 4.78 is 11.0. The number of hydrogen-bond acceptors (Lipinski definition) is 4. The van der Waals surface area contributed by atoms with Crippen molar-refractivity contribution in [1.29, 1.82) is 0 Å². The van der Waals surface area contributed by atoms with Gasteiger partial charge in [0.2, 0.25) is 5.91 Å². The Hall–Kier alpha value is -2.08. The maximum atomic E-state index is 12.6. The molecule has 1 aromatic carbocycles. The molecule has 2 N–H and O–H groups in total. The van der Waals surface area contributed by atoms with Gasteiger partial charge in [-0.15, -0.1) is 0 Å². The molecule has 0 aliphatic carbocycles. The van der Waals surface area contributed by atoms with E-state index in [0.29, 0.717) is 19.6 Å². The highest BCUT2D eigenvalue weighted by molar-refractivity contribution is 5.89. The fraction of sp³-hybridized carbons (Fsp3) is 0.467. The molecule has 0 bridgehead atoms. The summed E-state index contributed by atoms with van der Waals surface area (Å²) in [7, 11) is 0. The number of para-hydroxylation sites is 1. The predicted molar refractivity (Wildman–Crippen MR) is 74.8 cm³/mol. The number of ether oxygens (including phenoxy) is 2. The van der Waals surface area contributed by atoms with Crippen LogP contribution in [0.3, 0.4) is 0 Å². The van der Waals surface area contributed by atoms with Crippen LogP contribution in [0.15, 0.2) is 18.2 Å². The van der Waals surface area contributed by atoms with E-state index in [1.165, 1.54) is 4.90 Å². The van der Waals surface area contributed by atoms with Crippen molar-refractivity contribution in [3.05, 3.63) is 29.3 Å². The number of fused-ring (bicyclic) bond motifs is 1. The van der Waals surface area contributed by atoms with Crippen LogP contribution in [0.4, 0.5) is 0 Å². The van der Waals surface area contributed by atoms with Crippen molar-refractivity contribution in [1.82, 2.24) is 4.90 Å². The summed E-state index contributed by atoms with van der Waals surface area (Å²) in [6.07, 6.45) is -0.0559. The second-order valence-corrected chi connectivity index (χ2v) is 5.40. The Kier molecular flexibility index (Phi) is 3.55. The standard InChI is InChI=1S/C15H18N2O4/c1-9-3-2-4-10-7-12(21-13(9)10)15(19)17-5-6-20-8-11(17)14(16)18/h2-4,11-12H,5-8H2,1H3,(H2,16,18). The van der Waals surface area contributed by atoms with Crippen LogP contribution >= 0.6 is 0 Å². The second kappa shape index (κ2) is 5.37. The van der Waals surface area contributed by atoms with Crippen LogP contribution in [-0.2, 0) is 20.7 Å². The van der Waals surface area contributed by atoms with E-state index < -0.39 is 18.1 Å². The van der Waals surface area contributed by atoms with E-state index in [-0.39, 0.29) is 12.5 Å². The van der Waals surface area contributed by atoms with Crippen LogP contribution in [0.25, 0.3) is 0 Å². The van der Waals surface area contributed by atoms with Gasteiger partial charge in [0.05, 0.1) is 13.2 Å². The molecule has 2 amide bonds. The fourth-order valence-corrected chi connectivity index (χ4v) is 2.85. The summed E-state index contributed by atoms with van der Waals surface area (Å²) >= 11 is 0. The van der Waals surface area contributed by atoms with Gasteiger partial charge < -0.3 is 20.1 Å². The van der Waals surface area contributed by atoms with Crippen molar-refractivity contribution in [3.8, 4) is 5.75 Å². The van der Waals surface area contributed by atoms with Gasteiger partial charge >= 0.3 is 0 Å². The first-order chi connectivity index (χ1) is 10.1. The molecule has 2 aliphatic heterocycles. The zero-order chi connectivity index (χ0) is 15.0. The molecule has 0 radical (unpaired) electrons. The van der Waals surface area contributed by atoms with Gasteiger partial charge in [-0.05, 0) is 18.1 Å². The first-order valence-electron chi connectivity index (χ1n) is 7.00. The van der Waals surface area contributed by atoms with E-state index in [2.05, 4.69) is 0 Å². The van der Waals surface area contributed by atoms with Gasteiger partial charge in [-0.2, -0.15) is 0 Å². The maximum Gasteiger partial charge on any atom is 0.264 e. The third-order valence-corrected chi connectivity index (χ3v) is 3.97. The number of rotatable bonds is 2. The lowest BCUT2D eigenvalue weighted by atomic mass is 10.1. The molecule has 1 aromatic rings. The summed E-state index contributed by atoms with van der Waals surface area (Å²) in [6.45, 7) is 2.88. The Morgan fingerprint density at radius 1 is 1.38 bits per heavy atom. The largest absolute Gasteiger partial charge is 0.480 e. The Balaban J connectivity index is 1.78. The number of aryl methyl sites for hydroxylation is 1. The quantitative estimate of drug-likeness (QED) is 0.832. The number of amides is 2. The average Bonchev–Trinajstić information content (AvgIpc) is 2.92. The molecule has 2 atom stereocenters. The number of carbonyl (C=O) groups excluding carboxylic acids is 2. The number of nitrogens with zero attached hydrogens (tertiary/aromatic N) is 1. The zero-order valence-corrected chi connectivity index (χ0v) is 11.9. The van der Waals surface area contributed by atoms with Crippen molar-refractivity contribution < 1.29 is 19.1 Å². The molecule has 2 heterocycles. The minimum absolute atomic E-state index is 0.153. The Morgan fingerprint density at radius 2 is 2.19 bits per heavy atom. The van der Waals surface area contributed by atoms with Crippen LogP contribution in [0.5, 0.6) is 5.75 Å². The fourth-order valence-electron chi connectivity index (χ4n) is 2.85. The molecule has 2 unspecified atom stereocenters. The number of carbonyl (C=O) groups is 2. The van der Waals surface area contributed by atoms with Gasteiger partial charge in [0.15, 0.2) is 6.10 Å². The number of nitrogens with two attached hydrogens (primary N) is 1. The van der Waals surface area contributed by atoms with E-state index in [4.69, 9.17) is 15.2 Å². The second-order valence-electron chi connectivity index (χ2n) is 5.40. The van der Waals surface area contributed by atoms with Gasteiger partial charge in [0.1, 0.15) is 11.8 Å². The minimum atomic E-state index is -0.709. The molecule has 6 heteroatoms. The van der Waals surface area contributed by atoms with Crippen molar-refractivity contribution in [2.24, 2.45) is 5.73 Å². The number of benzene rings is 1. The molecule has 1 fully saturated rings. The van der Waals surface area contributed by atoms with Crippen LogP contribution in [0, 0.1) is 6.92 Å². The van der Waals surface area contributed by atoms with E-state index in [0.717, 1.165) is 16.9 Å². The lowest BCUT2D eigenvalue weighted by Gasteiger charge is -2.34. The molecule has 0 saturated carbocycles. The summed E-state index contributed by atoms with van der Waals surface area (Å²) in [6, 6.07) is 5.15. The Labute approximate surface area is 122 Å². The third kappa shape index (κ3) is 2.47. The number of primary amides is 1. The average molecular weight is 290 g/mol. The first-order valence-corrected chi connectivity index (χ1v) is 7.00. The van der Waals surface area contributed by atoms with Crippen molar-refractivity contribution in [3.63, 3.8) is 0 Å². The molecule has 0 spiro atoms. The first kappa shape index (κ1) is 13.9. The summed E-state index contributed by atoms with van der Waals surface area (Å²) in [5.41, 5.74) is 7.38.